The fourth-order valence-corrected chi connectivity index (χ4v) is 4.23. The number of hydrogen-bond donors (Lipinski definition) is 3. The summed E-state index contributed by atoms with van der Waals surface area (Å²) in [7, 11) is 1.85. The predicted octanol–water partition coefficient (Wildman–Crippen LogP) is 3.86. The first-order chi connectivity index (χ1) is 14.7. The van der Waals surface area contributed by atoms with Gasteiger partial charge in [0.15, 0.2) is 5.96 Å². The van der Waals surface area contributed by atoms with Gasteiger partial charge in [0, 0.05) is 62.6 Å². The minimum Gasteiger partial charge on any atom is -0.361 e. The fraction of sp³-hybridized carbons (Fsp3) is 0.417. The van der Waals surface area contributed by atoms with Gasteiger partial charge in [-0.05, 0) is 49.4 Å². The van der Waals surface area contributed by atoms with E-state index in [0.717, 1.165) is 57.1 Å². The number of aryl methyl sites for hydroxylation is 1. The molecule has 2 aromatic heterocycles. The lowest BCUT2D eigenvalue weighted by Crippen LogP contribution is -2.48. The summed E-state index contributed by atoms with van der Waals surface area (Å²) in [5, 5.41) is 8.41. The minimum absolute atomic E-state index is 0. The lowest BCUT2D eigenvalue weighted by Gasteiger charge is -2.32. The molecule has 0 aliphatic carbocycles. The third-order valence-electron chi connectivity index (χ3n) is 5.96. The zero-order valence-electron chi connectivity index (χ0n) is 18.4. The summed E-state index contributed by atoms with van der Waals surface area (Å²) < 4.78 is 0. The summed E-state index contributed by atoms with van der Waals surface area (Å²) in [5.74, 6) is 0.897. The van der Waals surface area contributed by atoms with Crippen molar-refractivity contribution in [1.29, 1.82) is 0 Å². The molecular weight excluding hydrogens is 499 g/mol. The number of rotatable bonds is 6. The number of halogens is 1. The molecule has 3 aromatic rings. The molecule has 0 radical (unpaired) electrons. The molecule has 1 aliphatic rings. The van der Waals surface area contributed by atoms with Gasteiger partial charge in [0.05, 0.1) is 5.69 Å². The SMILES string of the molecule is CN=C(NCCc1c[nH]c2c(C)cccc12)NC1CCN(Cc2ccccn2)CC1.I. The molecule has 0 amide bonds. The van der Waals surface area contributed by atoms with Gasteiger partial charge in [0.1, 0.15) is 0 Å². The topological polar surface area (TPSA) is 68.3 Å². The number of aromatic amines is 1. The highest BCUT2D eigenvalue weighted by atomic mass is 127. The molecule has 0 bridgehead atoms. The molecule has 1 aromatic carbocycles. The summed E-state index contributed by atoms with van der Waals surface area (Å²) in [6.45, 7) is 6.11. The monoisotopic (exact) mass is 532 g/mol. The van der Waals surface area contributed by atoms with E-state index in [0.29, 0.717) is 6.04 Å². The fourth-order valence-electron chi connectivity index (χ4n) is 4.23. The molecule has 6 nitrogen and oxygen atoms in total. The molecule has 166 valence electrons. The van der Waals surface area contributed by atoms with E-state index in [2.05, 4.69) is 73.9 Å². The Bertz CT molecular complexity index is 976. The first-order valence-electron chi connectivity index (χ1n) is 10.9. The van der Waals surface area contributed by atoms with Gasteiger partial charge in [-0.2, -0.15) is 0 Å². The maximum absolute atomic E-state index is 4.44. The second-order valence-corrected chi connectivity index (χ2v) is 8.08. The Morgan fingerprint density at radius 1 is 1.19 bits per heavy atom. The smallest absolute Gasteiger partial charge is 0.191 e. The van der Waals surface area contributed by atoms with Gasteiger partial charge in [-0.3, -0.25) is 14.9 Å². The first-order valence-corrected chi connectivity index (χ1v) is 10.9. The number of aliphatic imine (C=N–C) groups is 1. The Morgan fingerprint density at radius 3 is 2.77 bits per heavy atom. The zero-order valence-corrected chi connectivity index (χ0v) is 20.7. The molecule has 3 heterocycles. The van der Waals surface area contributed by atoms with Crippen molar-refractivity contribution >= 4 is 40.8 Å². The Labute approximate surface area is 202 Å². The lowest BCUT2D eigenvalue weighted by molar-refractivity contribution is 0.196. The molecule has 0 atom stereocenters. The highest BCUT2D eigenvalue weighted by Crippen LogP contribution is 2.21. The number of nitrogens with one attached hydrogen (secondary N) is 3. The molecule has 0 spiro atoms. The van der Waals surface area contributed by atoms with Crippen molar-refractivity contribution in [3.05, 3.63) is 65.6 Å². The number of hydrogen-bond acceptors (Lipinski definition) is 3. The van der Waals surface area contributed by atoms with Gasteiger partial charge in [-0.25, -0.2) is 0 Å². The van der Waals surface area contributed by atoms with Gasteiger partial charge in [-0.1, -0.05) is 24.3 Å². The number of H-pyrrole nitrogens is 1. The largest absolute Gasteiger partial charge is 0.361 e. The number of fused-ring (bicyclic) bond motifs is 1. The van der Waals surface area contributed by atoms with Crippen LogP contribution in [0.1, 0.15) is 29.7 Å². The van der Waals surface area contributed by atoms with E-state index in [9.17, 15) is 0 Å². The van der Waals surface area contributed by atoms with Crippen LogP contribution in [0.3, 0.4) is 0 Å². The van der Waals surface area contributed by atoms with E-state index < -0.39 is 0 Å². The van der Waals surface area contributed by atoms with Crippen molar-refractivity contribution in [2.24, 2.45) is 4.99 Å². The molecule has 4 rings (SSSR count). The van der Waals surface area contributed by atoms with Crippen molar-refractivity contribution < 1.29 is 0 Å². The Balaban J connectivity index is 0.00000272. The average Bonchev–Trinajstić information content (AvgIpc) is 3.19. The highest BCUT2D eigenvalue weighted by molar-refractivity contribution is 14.0. The van der Waals surface area contributed by atoms with Crippen LogP contribution in [0.4, 0.5) is 0 Å². The molecule has 3 N–H and O–H groups in total. The second-order valence-electron chi connectivity index (χ2n) is 8.08. The van der Waals surface area contributed by atoms with Crippen LogP contribution in [-0.4, -0.2) is 53.6 Å². The van der Waals surface area contributed by atoms with E-state index in [4.69, 9.17) is 0 Å². The minimum atomic E-state index is 0. The van der Waals surface area contributed by atoms with Gasteiger partial charge in [-0.15, -0.1) is 24.0 Å². The molecule has 7 heteroatoms. The van der Waals surface area contributed by atoms with Crippen LogP contribution < -0.4 is 10.6 Å². The zero-order chi connectivity index (χ0) is 20.8. The van der Waals surface area contributed by atoms with Crippen LogP contribution >= 0.6 is 24.0 Å². The van der Waals surface area contributed by atoms with Crippen molar-refractivity contribution in [3.63, 3.8) is 0 Å². The number of para-hydroxylation sites is 1. The molecule has 31 heavy (non-hydrogen) atoms. The summed E-state index contributed by atoms with van der Waals surface area (Å²) in [6.07, 6.45) is 7.21. The van der Waals surface area contributed by atoms with E-state index >= 15 is 0 Å². The number of likely N-dealkylation sites (tertiary alicyclic amines) is 1. The maximum atomic E-state index is 4.44. The first kappa shape index (κ1) is 23.5. The molecule has 0 unspecified atom stereocenters. The van der Waals surface area contributed by atoms with Crippen molar-refractivity contribution in [3.8, 4) is 0 Å². The predicted molar refractivity (Wildman–Crippen MR) is 139 cm³/mol. The summed E-state index contributed by atoms with van der Waals surface area (Å²) in [4.78, 5) is 14.8. The van der Waals surface area contributed by atoms with Crippen LogP contribution in [0.15, 0.2) is 53.8 Å². The Morgan fingerprint density at radius 2 is 2.03 bits per heavy atom. The molecule has 0 saturated carbocycles. The normalized spacial score (nSPS) is 15.6. The van der Waals surface area contributed by atoms with Crippen LogP contribution in [0.5, 0.6) is 0 Å². The second kappa shape index (κ2) is 11.5. The standard InChI is InChI=1S/C24H32N6.HI/c1-18-6-5-8-22-19(16-28-23(18)22)9-13-27-24(25-2)29-20-10-14-30(15-11-20)17-21-7-3-4-12-26-21;/h3-8,12,16,20,28H,9-11,13-15,17H2,1-2H3,(H2,25,27,29);1H. The number of benzene rings is 1. The van der Waals surface area contributed by atoms with Gasteiger partial charge in [0.25, 0.3) is 0 Å². The maximum Gasteiger partial charge on any atom is 0.191 e. The average molecular weight is 532 g/mol. The summed E-state index contributed by atoms with van der Waals surface area (Å²) in [5.41, 5.74) is 5.03. The van der Waals surface area contributed by atoms with Crippen LogP contribution in [-0.2, 0) is 13.0 Å². The number of pyridine rings is 1. The van der Waals surface area contributed by atoms with E-state index in [1.807, 2.05) is 19.3 Å². The van der Waals surface area contributed by atoms with E-state index in [1.165, 1.54) is 22.0 Å². The van der Waals surface area contributed by atoms with E-state index in [1.54, 1.807) is 0 Å². The summed E-state index contributed by atoms with van der Waals surface area (Å²) >= 11 is 0. The molecule has 1 fully saturated rings. The lowest BCUT2D eigenvalue weighted by atomic mass is 10.0. The third-order valence-corrected chi connectivity index (χ3v) is 5.96. The van der Waals surface area contributed by atoms with Gasteiger partial charge >= 0.3 is 0 Å². The number of guanidine groups is 1. The van der Waals surface area contributed by atoms with Gasteiger partial charge in [0.2, 0.25) is 0 Å². The number of aromatic nitrogens is 2. The highest BCUT2D eigenvalue weighted by Gasteiger charge is 2.20. The van der Waals surface area contributed by atoms with E-state index in [-0.39, 0.29) is 24.0 Å². The summed E-state index contributed by atoms with van der Waals surface area (Å²) in [6, 6.07) is 13.1. The quantitative estimate of drug-likeness (QED) is 0.256. The molecule has 1 aliphatic heterocycles. The number of nitrogens with zero attached hydrogens (tertiary/aromatic N) is 3. The van der Waals surface area contributed by atoms with Crippen LogP contribution in [0, 0.1) is 6.92 Å². The number of piperidine rings is 1. The van der Waals surface area contributed by atoms with Crippen LogP contribution in [0.2, 0.25) is 0 Å². The van der Waals surface area contributed by atoms with Crippen LogP contribution in [0.25, 0.3) is 10.9 Å². The van der Waals surface area contributed by atoms with Gasteiger partial charge < -0.3 is 15.6 Å². The molecule has 1 saturated heterocycles. The van der Waals surface area contributed by atoms with Crippen molar-refractivity contribution in [2.45, 2.75) is 38.8 Å². The Hall–Kier alpha value is -2.13. The molecular formula is C24H33IN6. The third kappa shape index (κ3) is 6.20. The van der Waals surface area contributed by atoms with Crippen molar-refractivity contribution in [2.75, 3.05) is 26.7 Å². The van der Waals surface area contributed by atoms with Crippen molar-refractivity contribution in [1.82, 2.24) is 25.5 Å². The Kier molecular flexibility index (Phi) is 8.71.